The predicted molar refractivity (Wildman–Crippen MR) is 145 cm³/mol. The van der Waals surface area contributed by atoms with Gasteiger partial charge in [0.1, 0.15) is 28.8 Å². The van der Waals surface area contributed by atoms with Crippen LogP contribution in [0.25, 0.3) is 0 Å². The highest BCUT2D eigenvalue weighted by atomic mass is 35.5. The Hall–Kier alpha value is -3.25. The molecular weight excluding hydrogens is 504 g/mol. The highest BCUT2D eigenvalue weighted by molar-refractivity contribution is 6.31. The molecule has 6 rings (SSSR count). The molecule has 1 aromatic carbocycles. The normalized spacial score (nSPS) is 27.4. The van der Waals surface area contributed by atoms with Crippen LogP contribution in [0.4, 0.5) is 16.6 Å². The van der Waals surface area contributed by atoms with Crippen molar-refractivity contribution in [2.75, 3.05) is 17.2 Å². The van der Waals surface area contributed by atoms with E-state index in [4.69, 9.17) is 16.3 Å². The molecule has 5 atom stereocenters. The third-order valence-corrected chi connectivity index (χ3v) is 8.46. The number of alkyl carbamates (subject to hydrolysis) is 1. The summed E-state index contributed by atoms with van der Waals surface area (Å²) in [6, 6.07) is 7.11. The first-order valence-electron chi connectivity index (χ1n) is 13.2. The fourth-order valence-corrected chi connectivity index (χ4v) is 7.10. The minimum atomic E-state index is -0.514. The van der Waals surface area contributed by atoms with E-state index in [1.807, 2.05) is 20.8 Å². The highest BCUT2D eigenvalue weighted by Crippen LogP contribution is 2.60. The van der Waals surface area contributed by atoms with Gasteiger partial charge >= 0.3 is 6.09 Å². The number of nitrogens with one attached hydrogen (secondary N) is 3. The first-order valence-corrected chi connectivity index (χ1v) is 13.6. The minimum absolute atomic E-state index is 0.114. The minimum Gasteiger partial charge on any atom is -0.508 e. The summed E-state index contributed by atoms with van der Waals surface area (Å²) >= 11 is 6.23. The van der Waals surface area contributed by atoms with Crippen molar-refractivity contribution in [3.8, 4) is 11.8 Å². The van der Waals surface area contributed by atoms with Gasteiger partial charge in [-0.1, -0.05) is 11.6 Å². The van der Waals surface area contributed by atoms with Crippen molar-refractivity contribution in [1.82, 2.24) is 15.3 Å². The van der Waals surface area contributed by atoms with Crippen LogP contribution in [0.5, 0.6) is 5.75 Å². The van der Waals surface area contributed by atoms with Gasteiger partial charge in [-0.05, 0) is 99.8 Å². The Morgan fingerprint density at radius 3 is 2.66 bits per heavy atom. The molecule has 1 aromatic heterocycles. The van der Waals surface area contributed by atoms with E-state index >= 15 is 0 Å². The van der Waals surface area contributed by atoms with E-state index in [1.165, 1.54) is 12.3 Å². The number of amides is 1. The number of hydrogen-bond acceptors (Lipinski definition) is 8. The van der Waals surface area contributed by atoms with Crippen LogP contribution in [0.3, 0.4) is 0 Å². The van der Waals surface area contributed by atoms with E-state index in [0.29, 0.717) is 46.7 Å². The number of rotatable bonds is 7. The fraction of sp³-hybridized carbons (Fsp3) is 0.571. The standard InChI is InChI=1S/C28H35ClN6O3/c1-27(2,3)38-26(37)34-23-17-6-16-7-18(23)11-28(9-16,10-17)15-33-24-20(12-30)14-32-25(35-24)31-13-19-8-21(36)4-5-22(19)29/h4-5,8,14,16-18,23,36H,6-7,9-11,13,15H2,1-3H3,(H,34,37)(H2,31,32,33,35)/t16?,17-,18+,23-,28-. The number of benzene rings is 1. The van der Waals surface area contributed by atoms with Crippen molar-refractivity contribution in [3.05, 3.63) is 40.5 Å². The molecule has 2 aromatic rings. The predicted octanol–water partition coefficient (Wildman–Crippen LogP) is 5.45. The second-order valence-electron chi connectivity index (χ2n) is 12.2. The van der Waals surface area contributed by atoms with E-state index in [2.05, 4.69) is 32.0 Å². The Labute approximate surface area is 228 Å². The fourth-order valence-electron chi connectivity index (χ4n) is 6.91. The van der Waals surface area contributed by atoms with Gasteiger partial charge in [-0.3, -0.25) is 0 Å². The molecule has 4 aliphatic carbocycles. The highest BCUT2D eigenvalue weighted by Gasteiger charge is 2.55. The van der Waals surface area contributed by atoms with Crippen molar-refractivity contribution in [1.29, 1.82) is 5.26 Å². The number of carbonyl (C=O) groups is 1. The lowest BCUT2D eigenvalue weighted by molar-refractivity contribution is -0.0703. The maximum atomic E-state index is 12.5. The maximum absolute atomic E-state index is 12.5. The summed E-state index contributed by atoms with van der Waals surface area (Å²) in [6.45, 7) is 6.71. The Morgan fingerprint density at radius 2 is 1.97 bits per heavy atom. The zero-order valence-corrected chi connectivity index (χ0v) is 22.8. The molecule has 0 aliphatic heterocycles. The van der Waals surface area contributed by atoms with Crippen LogP contribution in [-0.4, -0.2) is 39.4 Å². The molecule has 1 unspecified atom stereocenters. The van der Waals surface area contributed by atoms with E-state index in [-0.39, 0.29) is 23.3 Å². The first-order chi connectivity index (χ1) is 18.0. The van der Waals surface area contributed by atoms with Crippen molar-refractivity contribution in [2.45, 2.75) is 71.1 Å². The van der Waals surface area contributed by atoms with Crippen LogP contribution in [0.2, 0.25) is 5.02 Å². The summed E-state index contributed by atoms with van der Waals surface area (Å²) in [7, 11) is 0. The number of anilines is 2. The molecule has 4 aliphatic rings. The van der Waals surface area contributed by atoms with E-state index < -0.39 is 5.60 Å². The zero-order chi connectivity index (χ0) is 27.1. The molecule has 1 amide bonds. The van der Waals surface area contributed by atoms with Crippen LogP contribution < -0.4 is 16.0 Å². The first kappa shape index (κ1) is 26.4. The average Bonchev–Trinajstić information content (AvgIpc) is 2.84. The van der Waals surface area contributed by atoms with Crippen LogP contribution in [0.15, 0.2) is 24.4 Å². The van der Waals surface area contributed by atoms with Crippen LogP contribution in [0.1, 0.15) is 64.0 Å². The molecule has 4 bridgehead atoms. The Morgan fingerprint density at radius 1 is 1.24 bits per heavy atom. The average molecular weight is 539 g/mol. The number of nitriles is 1. The Kier molecular flexibility index (Phi) is 7.03. The molecule has 202 valence electrons. The van der Waals surface area contributed by atoms with Crippen LogP contribution >= 0.6 is 11.6 Å². The van der Waals surface area contributed by atoms with Gasteiger partial charge < -0.3 is 25.8 Å². The lowest BCUT2D eigenvalue weighted by atomic mass is 9.48. The number of nitrogens with zero attached hydrogens (tertiary/aromatic N) is 3. The topological polar surface area (TPSA) is 132 Å². The van der Waals surface area contributed by atoms with Gasteiger partial charge in [-0.25, -0.2) is 9.78 Å². The van der Waals surface area contributed by atoms with Crippen molar-refractivity contribution in [2.24, 2.45) is 23.2 Å². The van der Waals surface area contributed by atoms with Gasteiger partial charge in [-0.15, -0.1) is 0 Å². The molecule has 1 heterocycles. The number of carbonyl (C=O) groups excluding carboxylic acids is 1. The number of halogens is 1. The SMILES string of the molecule is CC(C)(C)OC(=O)N[C@@H]1[C@@H]2CC3C[C@H]1C[C@@](CNc1nc(NCc4cc(O)ccc4Cl)ncc1C#N)(C3)C2. The molecule has 0 saturated heterocycles. The third-order valence-electron chi connectivity index (χ3n) is 8.09. The number of phenols is 1. The summed E-state index contributed by atoms with van der Waals surface area (Å²) in [5.41, 5.74) is 0.709. The zero-order valence-electron chi connectivity index (χ0n) is 22.1. The molecule has 10 heteroatoms. The second-order valence-corrected chi connectivity index (χ2v) is 12.6. The smallest absolute Gasteiger partial charge is 0.407 e. The molecular formula is C28H35ClN6O3. The van der Waals surface area contributed by atoms with Gasteiger partial charge in [0.05, 0.1) is 6.20 Å². The number of aromatic hydroxyl groups is 1. The summed E-state index contributed by atoms with van der Waals surface area (Å²) < 4.78 is 5.54. The van der Waals surface area contributed by atoms with Crippen molar-refractivity contribution >= 4 is 29.5 Å². The summed E-state index contributed by atoms with van der Waals surface area (Å²) in [4.78, 5) is 21.4. The molecule has 9 nitrogen and oxygen atoms in total. The van der Waals surface area contributed by atoms with Crippen LogP contribution in [0, 0.1) is 34.5 Å². The van der Waals surface area contributed by atoms with Gasteiger partial charge in [-0.2, -0.15) is 10.2 Å². The van der Waals surface area contributed by atoms with E-state index in [1.54, 1.807) is 12.1 Å². The van der Waals surface area contributed by atoms with Gasteiger partial charge in [0.15, 0.2) is 0 Å². The maximum Gasteiger partial charge on any atom is 0.407 e. The lowest BCUT2D eigenvalue weighted by Gasteiger charge is -2.60. The molecule has 4 N–H and O–H groups in total. The molecule has 0 radical (unpaired) electrons. The summed E-state index contributed by atoms with van der Waals surface area (Å²) in [5.74, 6) is 2.54. The molecule has 4 fully saturated rings. The van der Waals surface area contributed by atoms with Crippen molar-refractivity contribution in [3.63, 3.8) is 0 Å². The van der Waals surface area contributed by atoms with Gasteiger partial charge in [0, 0.05) is 24.2 Å². The number of phenolic OH excluding ortho intramolecular Hbond substituents is 1. The Balaban J connectivity index is 1.24. The second kappa shape index (κ2) is 10.1. The number of ether oxygens (including phenoxy) is 1. The Bertz CT molecular complexity index is 1240. The largest absolute Gasteiger partial charge is 0.508 e. The van der Waals surface area contributed by atoms with Crippen molar-refractivity contribution < 1.29 is 14.6 Å². The van der Waals surface area contributed by atoms with Gasteiger partial charge in [0.25, 0.3) is 0 Å². The van der Waals surface area contributed by atoms with Gasteiger partial charge in [0.2, 0.25) is 5.95 Å². The number of aromatic nitrogens is 2. The number of hydrogen-bond donors (Lipinski definition) is 4. The lowest BCUT2D eigenvalue weighted by Crippen LogP contribution is -2.60. The molecule has 4 saturated carbocycles. The molecule has 0 spiro atoms. The third kappa shape index (κ3) is 5.75. The molecule has 38 heavy (non-hydrogen) atoms. The quantitative estimate of drug-likeness (QED) is 0.366. The van der Waals surface area contributed by atoms with Crippen LogP contribution in [-0.2, 0) is 11.3 Å². The van der Waals surface area contributed by atoms with E-state index in [0.717, 1.165) is 44.2 Å². The summed E-state index contributed by atoms with van der Waals surface area (Å²) in [5, 5.41) is 29.7. The summed E-state index contributed by atoms with van der Waals surface area (Å²) in [6.07, 6.45) is 6.68. The van der Waals surface area contributed by atoms with E-state index in [9.17, 15) is 15.2 Å². The monoisotopic (exact) mass is 538 g/mol.